The summed E-state index contributed by atoms with van der Waals surface area (Å²) >= 11 is 7.80. The van der Waals surface area contributed by atoms with Crippen LogP contribution < -0.4 is 0 Å². The fourth-order valence-corrected chi connectivity index (χ4v) is 5.88. The lowest BCUT2D eigenvalue weighted by Gasteiger charge is -2.42. The Morgan fingerprint density at radius 1 is 1.18 bits per heavy atom. The quantitative estimate of drug-likeness (QED) is 0.392. The molecule has 2 aromatic carbocycles. The Labute approximate surface area is 205 Å². The normalized spacial score (nSPS) is 16.7. The second-order valence-electron chi connectivity index (χ2n) is 8.60. The number of hydrogen-bond acceptors (Lipinski definition) is 5. The lowest BCUT2D eigenvalue weighted by atomic mass is 9.84. The van der Waals surface area contributed by atoms with Gasteiger partial charge in [-0.25, -0.2) is 18.4 Å². The summed E-state index contributed by atoms with van der Waals surface area (Å²) in [6, 6.07) is 12.8. The number of benzene rings is 2. The summed E-state index contributed by atoms with van der Waals surface area (Å²) in [6.07, 6.45) is 3.66. The van der Waals surface area contributed by atoms with Gasteiger partial charge in [0.05, 0.1) is 6.54 Å². The third-order valence-electron chi connectivity index (χ3n) is 6.53. The number of rotatable bonds is 6. The number of hydrogen-bond donors (Lipinski definition) is 1. The molecule has 9 heteroatoms. The minimum Gasteiger partial charge on any atom is -0.381 e. The standard InChI is InChI=1S/C25H23ClF2N4OS/c1-16(25(33,13-32-15-29-14-30-32)21-7-6-20(27)11-22(21)28)31-9-8-23-18(12-31)10-24(34-23)17-2-4-19(26)5-3-17/h2-7,10-11,14-16,33H,8-9,12-13H2,1H3/t16-,25-/m1/s1. The summed E-state index contributed by atoms with van der Waals surface area (Å²) in [6.45, 7) is 3.18. The molecule has 5 nitrogen and oxygen atoms in total. The van der Waals surface area contributed by atoms with Crippen LogP contribution in [0.25, 0.3) is 10.4 Å². The van der Waals surface area contributed by atoms with Crippen LogP contribution in [0.15, 0.2) is 61.2 Å². The van der Waals surface area contributed by atoms with E-state index in [1.807, 2.05) is 31.2 Å². The fourth-order valence-electron chi connectivity index (χ4n) is 4.59. The van der Waals surface area contributed by atoms with Gasteiger partial charge in [-0.2, -0.15) is 5.10 Å². The van der Waals surface area contributed by atoms with E-state index >= 15 is 0 Å². The van der Waals surface area contributed by atoms with Crippen LogP contribution in [0.3, 0.4) is 0 Å². The van der Waals surface area contributed by atoms with Gasteiger partial charge < -0.3 is 5.11 Å². The van der Waals surface area contributed by atoms with E-state index in [0.29, 0.717) is 18.1 Å². The average Bonchev–Trinajstić information content (AvgIpc) is 3.48. The highest BCUT2D eigenvalue weighted by molar-refractivity contribution is 7.15. The smallest absolute Gasteiger partial charge is 0.137 e. The van der Waals surface area contributed by atoms with Crippen molar-refractivity contribution in [2.75, 3.05) is 6.54 Å². The fraction of sp³-hybridized carbons (Fsp3) is 0.280. The Kier molecular flexibility index (Phi) is 6.24. The van der Waals surface area contributed by atoms with Gasteiger partial charge in [0.25, 0.3) is 0 Å². The molecule has 0 amide bonds. The minimum atomic E-state index is -1.65. The molecule has 0 saturated carbocycles. The van der Waals surface area contributed by atoms with E-state index in [1.165, 1.54) is 44.8 Å². The van der Waals surface area contributed by atoms with Crippen LogP contribution in [0, 0.1) is 11.6 Å². The first-order chi connectivity index (χ1) is 16.3. The SMILES string of the molecule is C[C@@H](N1CCc2sc(-c3ccc(Cl)cc3)cc2C1)[C@](O)(Cn1cncn1)c1ccc(F)cc1F. The van der Waals surface area contributed by atoms with Crippen molar-refractivity contribution in [2.45, 2.75) is 38.1 Å². The van der Waals surface area contributed by atoms with Gasteiger partial charge in [0.15, 0.2) is 0 Å². The first-order valence-corrected chi connectivity index (χ1v) is 12.1. The van der Waals surface area contributed by atoms with E-state index in [2.05, 4.69) is 21.0 Å². The highest BCUT2D eigenvalue weighted by Crippen LogP contribution is 2.39. The molecular formula is C25H23ClF2N4OS. The summed E-state index contributed by atoms with van der Waals surface area (Å²) in [4.78, 5) is 8.55. The number of thiophene rings is 1. The van der Waals surface area contributed by atoms with E-state index in [9.17, 15) is 13.9 Å². The minimum absolute atomic E-state index is 0.0141. The first kappa shape index (κ1) is 23.1. The van der Waals surface area contributed by atoms with E-state index < -0.39 is 23.3 Å². The van der Waals surface area contributed by atoms with Crippen molar-refractivity contribution in [3.05, 3.63) is 93.8 Å². The summed E-state index contributed by atoms with van der Waals surface area (Å²) < 4.78 is 30.0. The summed E-state index contributed by atoms with van der Waals surface area (Å²) in [5, 5.41) is 16.7. The van der Waals surface area contributed by atoms with Crippen molar-refractivity contribution in [1.29, 1.82) is 0 Å². The number of nitrogens with zero attached hydrogens (tertiary/aromatic N) is 4. The van der Waals surface area contributed by atoms with E-state index in [0.717, 1.165) is 18.1 Å². The molecule has 0 saturated heterocycles. The molecule has 2 aromatic heterocycles. The zero-order valence-corrected chi connectivity index (χ0v) is 20.0. The van der Waals surface area contributed by atoms with Crippen LogP contribution in [0.4, 0.5) is 8.78 Å². The molecule has 34 heavy (non-hydrogen) atoms. The molecule has 1 aliphatic heterocycles. The molecule has 0 bridgehead atoms. The van der Waals surface area contributed by atoms with Gasteiger partial charge in [0, 0.05) is 45.5 Å². The first-order valence-electron chi connectivity index (χ1n) is 11.0. The maximum Gasteiger partial charge on any atom is 0.137 e. The zero-order valence-electron chi connectivity index (χ0n) is 18.5. The summed E-state index contributed by atoms with van der Waals surface area (Å²) in [7, 11) is 0. The third kappa shape index (κ3) is 4.38. The molecule has 3 heterocycles. The Balaban J connectivity index is 1.45. The highest BCUT2D eigenvalue weighted by Gasteiger charge is 2.42. The van der Waals surface area contributed by atoms with Crippen molar-refractivity contribution < 1.29 is 13.9 Å². The largest absolute Gasteiger partial charge is 0.381 e. The van der Waals surface area contributed by atoms with Crippen molar-refractivity contribution in [2.24, 2.45) is 0 Å². The highest BCUT2D eigenvalue weighted by atomic mass is 35.5. The predicted molar refractivity (Wildman–Crippen MR) is 129 cm³/mol. The van der Waals surface area contributed by atoms with Gasteiger partial charge in [-0.15, -0.1) is 11.3 Å². The van der Waals surface area contributed by atoms with Crippen LogP contribution in [0.5, 0.6) is 0 Å². The Bertz CT molecular complexity index is 1300. The number of aromatic nitrogens is 3. The number of halogens is 3. The Morgan fingerprint density at radius 3 is 2.68 bits per heavy atom. The number of aliphatic hydroxyl groups is 1. The van der Waals surface area contributed by atoms with Crippen LogP contribution in [0.2, 0.25) is 5.02 Å². The maximum absolute atomic E-state index is 14.9. The molecule has 0 fully saturated rings. The number of fused-ring (bicyclic) bond motifs is 1. The van der Waals surface area contributed by atoms with Crippen molar-refractivity contribution in [1.82, 2.24) is 19.7 Å². The van der Waals surface area contributed by atoms with Gasteiger partial charge in [0.1, 0.15) is 29.9 Å². The van der Waals surface area contributed by atoms with Crippen LogP contribution in [0.1, 0.15) is 22.9 Å². The zero-order chi connectivity index (χ0) is 23.9. The molecule has 0 spiro atoms. The molecule has 1 N–H and O–H groups in total. The van der Waals surface area contributed by atoms with Crippen molar-refractivity contribution in [3.8, 4) is 10.4 Å². The Morgan fingerprint density at radius 2 is 1.97 bits per heavy atom. The van der Waals surface area contributed by atoms with Gasteiger partial charge in [0.2, 0.25) is 0 Å². The topological polar surface area (TPSA) is 54.2 Å². The predicted octanol–water partition coefficient (Wildman–Crippen LogP) is 5.27. The summed E-state index contributed by atoms with van der Waals surface area (Å²) in [5.41, 5.74) is 0.683. The van der Waals surface area contributed by atoms with Gasteiger partial charge in [-0.1, -0.05) is 29.8 Å². The summed E-state index contributed by atoms with van der Waals surface area (Å²) in [5.74, 6) is -1.47. The molecular weight excluding hydrogens is 478 g/mol. The van der Waals surface area contributed by atoms with Crippen molar-refractivity contribution >= 4 is 22.9 Å². The van der Waals surface area contributed by atoms with Crippen LogP contribution in [-0.4, -0.2) is 37.4 Å². The molecule has 1 aliphatic rings. The molecule has 5 rings (SSSR count). The molecule has 2 atom stereocenters. The monoisotopic (exact) mass is 500 g/mol. The average molecular weight is 501 g/mol. The second-order valence-corrected chi connectivity index (χ2v) is 10.2. The molecule has 0 unspecified atom stereocenters. The Hall–Kier alpha value is -2.65. The van der Waals surface area contributed by atoms with Gasteiger partial charge in [-0.05, 0) is 48.7 Å². The van der Waals surface area contributed by atoms with E-state index in [-0.39, 0.29) is 12.1 Å². The van der Waals surface area contributed by atoms with Gasteiger partial charge >= 0.3 is 0 Å². The van der Waals surface area contributed by atoms with E-state index in [1.54, 1.807) is 11.3 Å². The van der Waals surface area contributed by atoms with Crippen LogP contribution in [-0.2, 0) is 25.1 Å². The maximum atomic E-state index is 14.9. The van der Waals surface area contributed by atoms with Crippen molar-refractivity contribution in [3.63, 3.8) is 0 Å². The molecule has 0 radical (unpaired) electrons. The van der Waals surface area contributed by atoms with E-state index in [4.69, 9.17) is 11.6 Å². The van der Waals surface area contributed by atoms with Gasteiger partial charge in [-0.3, -0.25) is 4.90 Å². The third-order valence-corrected chi connectivity index (χ3v) is 8.07. The second kappa shape index (κ2) is 9.19. The molecule has 176 valence electrons. The molecule has 0 aliphatic carbocycles. The lowest BCUT2D eigenvalue weighted by molar-refractivity contribution is -0.0675. The van der Waals surface area contributed by atoms with Crippen LogP contribution >= 0.6 is 22.9 Å². The lowest BCUT2D eigenvalue weighted by Crippen LogP contribution is -2.53. The molecule has 4 aromatic rings.